The zero-order valence-electron chi connectivity index (χ0n) is 4.87. The van der Waals surface area contributed by atoms with Crippen LogP contribution in [0, 0.1) is 11.6 Å². The van der Waals surface area contributed by atoms with E-state index in [0.29, 0.717) is 0 Å². The van der Waals surface area contributed by atoms with Crippen LogP contribution >= 0.6 is 11.8 Å². The molecule has 0 aromatic heterocycles. The van der Waals surface area contributed by atoms with E-state index in [4.69, 9.17) is 11.8 Å². The van der Waals surface area contributed by atoms with Crippen LogP contribution in [0.3, 0.4) is 0 Å². The predicted octanol–water partition coefficient (Wildman–Crippen LogP) is 2.53. The van der Waals surface area contributed by atoms with Crippen molar-refractivity contribution >= 4 is 17.5 Å². The molecule has 0 heterocycles. The molecule has 4 heteroatoms. The van der Waals surface area contributed by atoms with Crippen molar-refractivity contribution in [1.82, 2.24) is 0 Å². The van der Waals surface area contributed by atoms with E-state index >= 15 is 0 Å². The van der Waals surface area contributed by atoms with Crippen LogP contribution in [0.5, 0.6) is 0 Å². The third-order valence-corrected chi connectivity index (χ3v) is 1.19. The lowest BCUT2D eigenvalue weighted by molar-refractivity contribution is 0.584. The summed E-state index contributed by atoms with van der Waals surface area (Å²) >= 11 is 5.09. The molecule has 0 amide bonds. The second-order valence-electron chi connectivity index (χ2n) is 1.75. The molecule has 0 spiro atoms. The van der Waals surface area contributed by atoms with Gasteiger partial charge in [-0.2, -0.15) is 0 Å². The molecule has 0 aliphatic heterocycles. The molecular weight excluding hydrogens is 160 g/mol. The van der Waals surface area contributed by atoms with Gasteiger partial charge in [0.25, 0.3) is 0 Å². The number of halogens is 3. The highest BCUT2D eigenvalue weighted by molar-refractivity contribution is 6.23. The van der Waals surface area contributed by atoms with Crippen molar-refractivity contribution in [1.29, 1.82) is 0 Å². The van der Waals surface area contributed by atoms with E-state index in [1.807, 2.05) is 0 Å². The fraction of sp³-hybridized carbons (Fsp3) is 0. The molecule has 0 unspecified atom stereocenters. The number of anilines is 1. The van der Waals surface area contributed by atoms with E-state index in [-0.39, 0.29) is 5.69 Å². The summed E-state index contributed by atoms with van der Waals surface area (Å²) in [6.07, 6.45) is 0. The molecule has 0 saturated carbocycles. The minimum atomic E-state index is -0.650. The Bertz CT molecular complexity index is 219. The summed E-state index contributed by atoms with van der Waals surface area (Å²) in [5.74, 6) is -1.30. The van der Waals surface area contributed by atoms with Gasteiger partial charge in [-0.3, -0.25) is 4.84 Å². The van der Waals surface area contributed by atoms with Gasteiger partial charge in [0.1, 0.15) is 11.6 Å². The summed E-state index contributed by atoms with van der Waals surface area (Å²) in [6.45, 7) is 0. The molecule has 0 atom stereocenters. The van der Waals surface area contributed by atoms with Crippen molar-refractivity contribution < 1.29 is 8.78 Å². The summed E-state index contributed by atoms with van der Waals surface area (Å²) in [5.41, 5.74) is 0.208. The third-order valence-electron chi connectivity index (χ3n) is 0.972. The molecule has 0 fully saturated rings. The fourth-order valence-electron chi connectivity index (χ4n) is 0.608. The van der Waals surface area contributed by atoms with Crippen molar-refractivity contribution in [3.63, 3.8) is 0 Å². The van der Waals surface area contributed by atoms with Crippen molar-refractivity contribution in [2.24, 2.45) is 0 Å². The van der Waals surface area contributed by atoms with Crippen LogP contribution in [-0.4, -0.2) is 0 Å². The Balaban J connectivity index is 3.06. The Morgan fingerprint density at radius 2 is 1.60 bits per heavy atom. The number of nitrogens with one attached hydrogen (secondary N) is 1. The molecule has 0 saturated heterocycles. The highest BCUT2D eigenvalue weighted by atomic mass is 35.5. The standard InChI is InChI=1S/C6H4ClF2N/c7-10-6-2-4(8)1-5(9)3-6/h1-3,10H. The normalized spacial score (nSPS) is 9.50. The largest absolute Gasteiger partial charge is 0.298 e. The molecule has 1 N–H and O–H groups in total. The van der Waals surface area contributed by atoms with Gasteiger partial charge in [-0.1, -0.05) is 0 Å². The molecule has 0 radical (unpaired) electrons. The van der Waals surface area contributed by atoms with Crippen molar-refractivity contribution in [3.8, 4) is 0 Å². The maximum atomic E-state index is 12.3. The van der Waals surface area contributed by atoms with Crippen molar-refractivity contribution in [3.05, 3.63) is 29.8 Å². The SMILES string of the molecule is Fc1cc(F)cc(NCl)c1. The first-order valence-corrected chi connectivity index (χ1v) is 2.93. The van der Waals surface area contributed by atoms with Crippen LogP contribution in [0.15, 0.2) is 18.2 Å². The first-order chi connectivity index (χ1) is 4.72. The Labute approximate surface area is 61.7 Å². The fourth-order valence-corrected chi connectivity index (χ4v) is 0.717. The van der Waals surface area contributed by atoms with Gasteiger partial charge >= 0.3 is 0 Å². The Morgan fingerprint density at radius 1 is 1.10 bits per heavy atom. The number of hydrogen-bond acceptors (Lipinski definition) is 1. The van der Waals surface area contributed by atoms with Gasteiger partial charge in [-0.05, 0) is 12.1 Å². The van der Waals surface area contributed by atoms with Crippen LogP contribution in [0.2, 0.25) is 0 Å². The molecule has 1 nitrogen and oxygen atoms in total. The molecule has 0 bridgehead atoms. The van der Waals surface area contributed by atoms with Gasteiger partial charge in [0.15, 0.2) is 0 Å². The monoisotopic (exact) mass is 163 g/mol. The van der Waals surface area contributed by atoms with E-state index in [1.165, 1.54) is 0 Å². The second kappa shape index (κ2) is 2.84. The number of hydrogen-bond donors (Lipinski definition) is 1. The molecular formula is C6H4ClF2N. The molecule has 10 heavy (non-hydrogen) atoms. The predicted molar refractivity (Wildman–Crippen MR) is 35.8 cm³/mol. The Kier molecular flexibility index (Phi) is 2.06. The zero-order chi connectivity index (χ0) is 7.56. The minimum absolute atomic E-state index is 0.208. The molecule has 1 aromatic rings. The maximum absolute atomic E-state index is 12.3. The summed E-state index contributed by atoms with van der Waals surface area (Å²) in [4.78, 5) is 2.10. The lowest BCUT2D eigenvalue weighted by atomic mass is 10.3. The van der Waals surface area contributed by atoms with E-state index in [1.54, 1.807) is 0 Å². The zero-order valence-corrected chi connectivity index (χ0v) is 5.62. The summed E-state index contributed by atoms with van der Waals surface area (Å²) in [7, 11) is 0. The summed E-state index contributed by atoms with van der Waals surface area (Å²) in [6, 6.07) is 2.96. The molecule has 0 aliphatic carbocycles. The molecule has 0 aliphatic rings. The van der Waals surface area contributed by atoms with Crippen LogP contribution in [0.1, 0.15) is 0 Å². The van der Waals surface area contributed by atoms with Gasteiger partial charge in [0.05, 0.1) is 5.69 Å². The van der Waals surface area contributed by atoms with Crippen molar-refractivity contribution in [2.75, 3.05) is 4.84 Å². The highest BCUT2D eigenvalue weighted by Crippen LogP contribution is 2.12. The van der Waals surface area contributed by atoms with Crippen molar-refractivity contribution in [2.45, 2.75) is 0 Å². The first kappa shape index (κ1) is 7.28. The Morgan fingerprint density at radius 3 is 2.00 bits per heavy atom. The van der Waals surface area contributed by atoms with E-state index in [0.717, 1.165) is 18.2 Å². The average Bonchev–Trinajstić information content (AvgIpc) is 1.85. The van der Waals surface area contributed by atoms with Crippen LogP contribution in [0.4, 0.5) is 14.5 Å². The maximum Gasteiger partial charge on any atom is 0.128 e. The quantitative estimate of drug-likeness (QED) is 0.628. The highest BCUT2D eigenvalue weighted by Gasteiger charge is 1.97. The average molecular weight is 164 g/mol. The third kappa shape index (κ3) is 1.57. The van der Waals surface area contributed by atoms with Gasteiger partial charge in [-0.15, -0.1) is 0 Å². The van der Waals surface area contributed by atoms with Gasteiger partial charge in [0, 0.05) is 17.8 Å². The van der Waals surface area contributed by atoms with Gasteiger partial charge < -0.3 is 0 Å². The smallest absolute Gasteiger partial charge is 0.128 e. The topological polar surface area (TPSA) is 12.0 Å². The minimum Gasteiger partial charge on any atom is -0.298 e. The van der Waals surface area contributed by atoms with Crippen LogP contribution in [0.25, 0.3) is 0 Å². The summed E-state index contributed by atoms with van der Waals surface area (Å²) in [5, 5.41) is 0. The Hall–Kier alpha value is -0.830. The van der Waals surface area contributed by atoms with Crippen LogP contribution in [-0.2, 0) is 0 Å². The lowest BCUT2D eigenvalue weighted by Gasteiger charge is -1.96. The van der Waals surface area contributed by atoms with E-state index in [2.05, 4.69) is 4.84 Å². The molecule has 54 valence electrons. The van der Waals surface area contributed by atoms with Gasteiger partial charge in [0.2, 0.25) is 0 Å². The molecule has 1 aromatic carbocycles. The van der Waals surface area contributed by atoms with Gasteiger partial charge in [-0.25, -0.2) is 8.78 Å². The van der Waals surface area contributed by atoms with Crippen LogP contribution < -0.4 is 4.84 Å². The lowest BCUT2D eigenvalue weighted by Crippen LogP contribution is -1.84. The van der Waals surface area contributed by atoms with E-state index in [9.17, 15) is 8.78 Å². The number of rotatable bonds is 1. The first-order valence-electron chi connectivity index (χ1n) is 2.55. The van der Waals surface area contributed by atoms with E-state index < -0.39 is 11.6 Å². The summed E-state index contributed by atoms with van der Waals surface area (Å²) < 4.78 is 24.6. The molecule has 1 rings (SSSR count). The second-order valence-corrected chi connectivity index (χ2v) is 1.94. The number of benzene rings is 1.